The van der Waals surface area contributed by atoms with Gasteiger partial charge in [0.15, 0.2) is 0 Å². The summed E-state index contributed by atoms with van der Waals surface area (Å²) in [6, 6.07) is 15.1. The molecule has 0 aliphatic carbocycles. The zero-order chi connectivity index (χ0) is 15.1. The van der Waals surface area contributed by atoms with Crippen molar-refractivity contribution >= 4 is 5.69 Å². The molecule has 3 nitrogen and oxygen atoms in total. The average molecular weight is 284 g/mol. The number of nitriles is 1. The Morgan fingerprint density at radius 2 is 2.00 bits per heavy atom. The maximum atomic E-state index is 12.9. The molecule has 0 radical (unpaired) electrons. The molecule has 0 heterocycles. The fourth-order valence-electron chi connectivity index (χ4n) is 1.91. The molecule has 0 saturated heterocycles. The van der Waals surface area contributed by atoms with Gasteiger partial charge in [-0.05, 0) is 48.4 Å². The van der Waals surface area contributed by atoms with Gasteiger partial charge in [-0.3, -0.25) is 0 Å². The Bertz CT molecular complexity index is 619. The number of rotatable bonds is 6. The molecule has 2 aromatic rings. The van der Waals surface area contributed by atoms with Crippen molar-refractivity contribution in [3.8, 4) is 11.8 Å². The van der Waals surface area contributed by atoms with Crippen LogP contribution >= 0.6 is 0 Å². The van der Waals surface area contributed by atoms with Crippen LogP contribution in [0.2, 0.25) is 0 Å². The van der Waals surface area contributed by atoms with Gasteiger partial charge in [0.05, 0.1) is 12.7 Å². The van der Waals surface area contributed by atoms with Crippen LogP contribution in [0.15, 0.2) is 48.5 Å². The molecule has 21 heavy (non-hydrogen) atoms. The molecule has 1 atom stereocenters. The first kappa shape index (κ1) is 14.9. The third-order valence-corrected chi connectivity index (χ3v) is 2.95. The molecule has 0 aliphatic rings. The number of anilines is 1. The average Bonchev–Trinajstić information content (AvgIpc) is 2.52. The van der Waals surface area contributed by atoms with Crippen molar-refractivity contribution in [3.63, 3.8) is 0 Å². The van der Waals surface area contributed by atoms with E-state index < -0.39 is 6.04 Å². The van der Waals surface area contributed by atoms with Gasteiger partial charge in [0.2, 0.25) is 0 Å². The summed E-state index contributed by atoms with van der Waals surface area (Å²) < 4.78 is 18.5. The van der Waals surface area contributed by atoms with Crippen molar-refractivity contribution in [2.45, 2.75) is 19.4 Å². The molecule has 2 aromatic carbocycles. The van der Waals surface area contributed by atoms with E-state index in [9.17, 15) is 9.65 Å². The molecule has 2 rings (SSSR count). The van der Waals surface area contributed by atoms with E-state index >= 15 is 0 Å². The maximum Gasteiger partial charge on any atom is 0.140 e. The van der Waals surface area contributed by atoms with Crippen LogP contribution in [0.5, 0.6) is 5.75 Å². The summed E-state index contributed by atoms with van der Waals surface area (Å²) in [7, 11) is 0. The molecule has 0 saturated carbocycles. The van der Waals surface area contributed by atoms with E-state index in [4.69, 9.17) is 4.74 Å². The summed E-state index contributed by atoms with van der Waals surface area (Å²) >= 11 is 0. The van der Waals surface area contributed by atoms with Crippen molar-refractivity contribution in [2.75, 3.05) is 11.9 Å². The molecule has 0 aliphatic heterocycles. The first-order chi connectivity index (χ1) is 10.2. The van der Waals surface area contributed by atoms with Crippen LogP contribution in [0.3, 0.4) is 0 Å². The van der Waals surface area contributed by atoms with Crippen molar-refractivity contribution in [2.24, 2.45) is 0 Å². The fourth-order valence-corrected chi connectivity index (χ4v) is 1.91. The largest absolute Gasteiger partial charge is 0.494 e. The Kier molecular flexibility index (Phi) is 5.16. The molecule has 4 heteroatoms. The molecule has 1 unspecified atom stereocenters. The Balaban J connectivity index is 2.13. The Labute approximate surface area is 124 Å². The van der Waals surface area contributed by atoms with Gasteiger partial charge in [0.1, 0.15) is 17.6 Å². The zero-order valence-corrected chi connectivity index (χ0v) is 11.8. The SMILES string of the molecule is CCCOc1cccc(C(C#N)Nc2ccc(F)cc2)c1. The number of hydrogen-bond donors (Lipinski definition) is 1. The van der Waals surface area contributed by atoms with Crippen LogP contribution in [0.4, 0.5) is 10.1 Å². The van der Waals surface area contributed by atoms with Crippen molar-refractivity contribution in [3.05, 3.63) is 59.9 Å². The standard InChI is InChI=1S/C17H17FN2O/c1-2-10-21-16-5-3-4-13(11-16)17(12-19)20-15-8-6-14(18)7-9-15/h3-9,11,17,20H,2,10H2,1H3. The molecular formula is C17H17FN2O. The summed E-state index contributed by atoms with van der Waals surface area (Å²) in [5.41, 5.74) is 1.51. The predicted octanol–water partition coefficient (Wildman–Crippen LogP) is 4.29. The minimum absolute atomic E-state index is 0.302. The zero-order valence-electron chi connectivity index (χ0n) is 11.8. The van der Waals surface area contributed by atoms with E-state index in [-0.39, 0.29) is 5.82 Å². The summed E-state index contributed by atoms with van der Waals surface area (Å²) in [5.74, 6) is 0.444. The maximum absolute atomic E-state index is 12.9. The molecule has 0 aromatic heterocycles. The first-order valence-corrected chi connectivity index (χ1v) is 6.87. The van der Waals surface area contributed by atoms with Crippen LogP contribution in [-0.4, -0.2) is 6.61 Å². The molecular weight excluding hydrogens is 267 g/mol. The Morgan fingerprint density at radius 1 is 1.24 bits per heavy atom. The predicted molar refractivity (Wildman–Crippen MR) is 80.6 cm³/mol. The first-order valence-electron chi connectivity index (χ1n) is 6.87. The second-order valence-electron chi connectivity index (χ2n) is 4.63. The van der Waals surface area contributed by atoms with Gasteiger partial charge in [-0.1, -0.05) is 19.1 Å². The lowest BCUT2D eigenvalue weighted by molar-refractivity contribution is 0.317. The quantitative estimate of drug-likeness (QED) is 0.860. The van der Waals surface area contributed by atoms with Gasteiger partial charge in [-0.2, -0.15) is 5.26 Å². The highest BCUT2D eigenvalue weighted by atomic mass is 19.1. The summed E-state index contributed by atoms with van der Waals surface area (Å²) in [4.78, 5) is 0. The van der Waals surface area contributed by atoms with E-state index in [1.54, 1.807) is 12.1 Å². The lowest BCUT2D eigenvalue weighted by Gasteiger charge is -2.14. The summed E-state index contributed by atoms with van der Waals surface area (Å²) in [5, 5.41) is 12.4. The van der Waals surface area contributed by atoms with Gasteiger partial charge >= 0.3 is 0 Å². The minimum Gasteiger partial charge on any atom is -0.494 e. The van der Waals surface area contributed by atoms with E-state index in [0.29, 0.717) is 12.3 Å². The molecule has 0 spiro atoms. The highest BCUT2D eigenvalue weighted by Crippen LogP contribution is 2.23. The monoisotopic (exact) mass is 284 g/mol. The molecule has 108 valence electrons. The van der Waals surface area contributed by atoms with E-state index in [2.05, 4.69) is 11.4 Å². The van der Waals surface area contributed by atoms with Gasteiger partial charge in [0.25, 0.3) is 0 Å². The fraction of sp³-hybridized carbons (Fsp3) is 0.235. The smallest absolute Gasteiger partial charge is 0.140 e. The van der Waals surface area contributed by atoms with Crippen LogP contribution in [0, 0.1) is 17.1 Å². The lowest BCUT2D eigenvalue weighted by Crippen LogP contribution is -2.08. The van der Waals surface area contributed by atoms with Gasteiger partial charge in [0, 0.05) is 5.69 Å². The van der Waals surface area contributed by atoms with Crippen LogP contribution < -0.4 is 10.1 Å². The summed E-state index contributed by atoms with van der Waals surface area (Å²) in [6.07, 6.45) is 0.930. The molecule has 0 bridgehead atoms. The topological polar surface area (TPSA) is 45.0 Å². The van der Waals surface area contributed by atoms with Crippen molar-refractivity contribution in [1.29, 1.82) is 5.26 Å². The number of nitrogens with one attached hydrogen (secondary N) is 1. The van der Waals surface area contributed by atoms with E-state index in [1.807, 2.05) is 31.2 Å². The van der Waals surface area contributed by atoms with Gasteiger partial charge in [-0.15, -0.1) is 0 Å². The second-order valence-corrected chi connectivity index (χ2v) is 4.63. The number of benzene rings is 2. The lowest BCUT2D eigenvalue weighted by atomic mass is 10.1. The molecule has 1 N–H and O–H groups in total. The third kappa shape index (κ3) is 4.22. The van der Waals surface area contributed by atoms with E-state index in [0.717, 1.165) is 17.7 Å². The number of nitrogens with zero attached hydrogens (tertiary/aromatic N) is 1. The minimum atomic E-state index is -0.513. The number of hydrogen-bond acceptors (Lipinski definition) is 3. The molecule has 0 fully saturated rings. The Morgan fingerprint density at radius 3 is 2.67 bits per heavy atom. The number of ether oxygens (including phenoxy) is 1. The second kappa shape index (κ2) is 7.30. The van der Waals surface area contributed by atoms with Crippen molar-refractivity contribution in [1.82, 2.24) is 0 Å². The Hall–Kier alpha value is -2.54. The normalized spacial score (nSPS) is 11.5. The van der Waals surface area contributed by atoms with E-state index in [1.165, 1.54) is 12.1 Å². The number of halogens is 1. The van der Waals surface area contributed by atoms with Crippen LogP contribution in [0.25, 0.3) is 0 Å². The third-order valence-electron chi connectivity index (χ3n) is 2.95. The highest BCUT2D eigenvalue weighted by Gasteiger charge is 2.11. The highest BCUT2D eigenvalue weighted by molar-refractivity contribution is 5.48. The van der Waals surface area contributed by atoms with Gasteiger partial charge < -0.3 is 10.1 Å². The molecule has 0 amide bonds. The van der Waals surface area contributed by atoms with Crippen LogP contribution in [-0.2, 0) is 0 Å². The van der Waals surface area contributed by atoms with Gasteiger partial charge in [-0.25, -0.2) is 4.39 Å². The van der Waals surface area contributed by atoms with Crippen LogP contribution in [0.1, 0.15) is 24.9 Å². The van der Waals surface area contributed by atoms with Crippen molar-refractivity contribution < 1.29 is 9.13 Å². The summed E-state index contributed by atoms with van der Waals surface area (Å²) in [6.45, 7) is 2.68.